The van der Waals surface area contributed by atoms with Gasteiger partial charge in [0.05, 0.1) is 0 Å². The Morgan fingerprint density at radius 3 is 1.20 bits per heavy atom. The fourth-order valence-electron chi connectivity index (χ4n) is 1.87. The van der Waals surface area contributed by atoms with Gasteiger partial charge in [0, 0.05) is 13.0 Å². The van der Waals surface area contributed by atoms with E-state index in [9.17, 15) is 4.79 Å². The van der Waals surface area contributed by atoms with E-state index in [1.807, 2.05) is 18.2 Å². The molecule has 0 aliphatic carbocycles. The van der Waals surface area contributed by atoms with Gasteiger partial charge in [-0.25, -0.2) is 0 Å². The highest BCUT2D eigenvalue weighted by atomic mass is 16.4. The number of aliphatic carboxylic acids is 1. The highest BCUT2D eigenvalue weighted by Gasteiger charge is 1.90. The second-order valence-electron chi connectivity index (χ2n) is 5.45. The largest absolute Gasteiger partial charge is 0.481 e. The van der Waals surface area contributed by atoms with Crippen LogP contribution >= 0.6 is 0 Å². The molecule has 25 heavy (non-hydrogen) atoms. The van der Waals surface area contributed by atoms with Crippen molar-refractivity contribution in [2.75, 3.05) is 6.61 Å². The third kappa shape index (κ3) is 21.9. The minimum absolute atomic E-state index is 0.202. The van der Waals surface area contributed by atoms with Crippen LogP contribution < -0.4 is 0 Å². The number of hydrogen-bond acceptors (Lipinski definition) is 2. The molecule has 0 aromatic carbocycles. The summed E-state index contributed by atoms with van der Waals surface area (Å²) in [5.41, 5.74) is 0. The first kappa shape index (κ1) is 22.9. The predicted molar refractivity (Wildman–Crippen MR) is 106 cm³/mol. The van der Waals surface area contributed by atoms with E-state index in [0.717, 1.165) is 38.5 Å². The molecule has 0 aliphatic rings. The summed E-state index contributed by atoms with van der Waals surface area (Å²) in [6.45, 7) is 0.220. The number of aliphatic hydroxyl groups is 1. The normalized spacial score (nSPS) is 13.0. The van der Waals surface area contributed by atoms with Crippen LogP contribution in [-0.2, 0) is 4.79 Å². The molecular weight excluding hydrogens is 312 g/mol. The summed E-state index contributed by atoms with van der Waals surface area (Å²) in [7, 11) is 0. The summed E-state index contributed by atoms with van der Waals surface area (Å²) in [6.07, 6.45) is 31.3. The molecule has 0 atom stereocenters. The number of hydrogen-bond donors (Lipinski definition) is 2. The molecule has 0 fully saturated rings. The van der Waals surface area contributed by atoms with Gasteiger partial charge in [0.25, 0.3) is 0 Å². The SMILES string of the molecule is O=C(O)CCC=CCC=CCC=CCC=CCC=CCC=CCCO. The fourth-order valence-corrected chi connectivity index (χ4v) is 1.87. The van der Waals surface area contributed by atoms with Gasteiger partial charge < -0.3 is 10.2 Å². The Kier molecular flexibility index (Phi) is 18.2. The predicted octanol–water partition coefficient (Wildman–Crippen LogP) is 5.52. The van der Waals surface area contributed by atoms with E-state index in [0.29, 0.717) is 6.42 Å². The Balaban J connectivity index is 3.51. The Bertz CT molecular complexity index is 480. The van der Waals surface area contributed by atoms with E-state index >= 15 is 0 Å². The Morgan fingerprint density at radius 1 is 0.560 bits per heavy atom. The fraction of sp³-hybridized carbons (Fsp3) is 0.409. The number of rotatable bonds is 15. The number of carboxylic acids is 1. The van der Waals surface area contributed by atoms with E-state index in [-0.39, 0.29) is 13.0 Å². The second kappa shape index (κ2) is 19.9. The molecule has 0 amide bonds. The molecule has 3 heteroatoms. The van der Waals surface area contributed by atoms with Crippen LogP contribution in [0.25, 0.3) is 0 Å². The number of aliphatic hydroxyl groups excluding tert-OH is 1. The van der Waals surface area contributed by atoms with Crippen molar-refractivity contribution >= 4 is 5.97 Å². The molecule has 2 N–H and O–H groups in total. The van der Waals surface area contributed by atoms with Crippen LogP contribution in [0.15, 0.2) is 72.9 Å². The lowest BCUT2D eigenvalue weighted by atomic mass is 10.2. The molecule has 0 unspecified atom stereocenters. The second-order valence-corrected chi connectivity index (χ2v) is 5.45. The molecule has 138 valence electrons. The quantitative estimate of drug-likeness (QED) is 0.384. The standard InChI is InChI=1S/C22H32O3/c23-21-19-17-15-13-11-9-7-5-3-1-2-4-6-8-10-12-14-16-18-20-22(24)25/h2-5,8-11,14-17,23H,1,6-7,12-13,18-21H2,(H,24,25). The molecule has 3 nitrogen and oxygen atoms in total. The van der Waals surface area contributed by atoms with E-state index in [1.165, 1.54) is 0 Å². The molecule has 0 saturated heterocycles. The first-order chi connectivity index (χ1) is 12.3. The molecule has 0 bridgehead atoms. The zero-order chi connectivity index (χ0) is 18.4. The van der Waals surface area contributed by atoms with E-state index in [2.05, 4.69) is 54.7 Å². The number of carbonyl (C=O) groups is 1. The van der Waals surface area contributed by atoms with Gasteiger partial charge >= 0.3 is 5.97 Å². The van der Waals surface area contributed by atoms with Crippen LogP contribution in [0.1, 0.15) is 51.4 Å². The third-order valence-corrected chi connectivity index (χ3v) is 3.18. The smallest absolute Gasteiger partial charge is 0.303 e. The van der Waals surface area contributed by atoms with Gasteiger partial charge in [-0.2, -0.15) is 0 Å². The van der Waals surface area contributed by atoms with Crippen LogP contribution in [-0.4, -0.2) is 22.8 Å². The van der Waals surface area contributed by atoms with Crippen molar-refractivity contribution in [2.45, 2.75) is 51.4 Å². The van der Waals surface area contributed by atoms with Crippen molar-refractivity contribution in [2.24, 2.45) is 0 Å². The molecule has 0 saturated carbocycles. The van der Waals surface area contributed by atoms with Gasteiger partial charge in [0.1, 0.15) is 0 Å². The molecule has 0 spiro atoms. The van der Waals surface area contributed by atoms with Crippen molar-refractivity contribution in [1.82, 2.24) is 0 Å². The molecule has 0 aliphatic heterocycles. The Labute approximate surface area is 152 Å². The van der Waals surface area contributed by atoms with Gasteiger partial charge in [-0.1, -0.05) is 72.9 Å². The first-order valence-electron chi connectivity index (χ1n) is 9.00. The third-order valence-electron chi connectivity index (χ3n) is 3.18. The van der Waals surface area contributed by atoms with Crippen LogP contribution in [0.2, 0.25) is 0 Å². The Morgan fingerprint density at radius 2 is 0.880 bits per heavy atom. The van der Waals surface area contributed by atoms with Crippen LogP contribution in [0.4, 0.5) is 0 Å². The molecule has 0 rings (SSSR count). The zero-order valence-corrected chi connectivity index (χ0v) is 15.1. The molecule has 0 heterocycles. The lowest BCUT2D eigenvalue weighted by molar-refractivity contribution is -0.136. The minimum Gasteiger partial charge on any atom is -0.481 e. The van der Waals surface area contributed by atoms with Gasteiger partial charge in [0.15, 0.2) is 0 Å². The summed E-state index contributed by atoms with van der Waals surface area (Å²) < 4.78 is 0. The number of allylic oxidation sites excluding steroid dienone is 11. The topological polar surface area (TPSA) is 57.5 Å². The van der Waals surface area contributed by atoms with Crippen LogP contribution in [0.5, 0.6) is 0 Å². The minimum atomic E-state index is -0.748. The first-order valence-corrected chi connectivity index (χ1v) is 9.00. The van der Waals surface area contributed by atoms with E-state index < -0.39 is 5.97 Å². The van der Waals surface area contributed by atoms with E-state index in [1.54, 1.807) is 0 Å². The highest BCUT2D eigenvalue weighted by molar-refractivity contribution is 5.66. The lowest BCUT2D eigenvalue weighted by Crippen LogP contribution is -1.91. The monoisotopic (exact) mass is 344 g/mol. The van der Waals surface area contributed by atoms with Gasteiger partial charge in [-0.05, 0) is 44.9 Å². The van der Waals surface area contributed by atoms with Crippen molar-refractivity contribution in [3.8, 4) is 0 Å². The average Bonchev–Trinajstić information content (AvgIpc) is 2.60. The highest BCUT2D eigenvalue weighted by Crippen LogP contribution is 1.97. The van der Waals surface area contributed by atoms with Crippen molar-refractivity contribution in [1.29, 1.82) is 0 Å². The maximum atomic E-state index is 10.3. The zero-order valence-electron chi connectivity index (χ0n) is 15.1. The maximum Gasteiger partial charge on any atom is 0.303 e. The van der Waals surface area contributed by atoms with Gasteiger partial charge in [-0.3, -0.25) is 4.79 Å². The maximum absolute atomic E-state index is 10.3. The van der Waals surface area contributed by atoms with Crippen molar-refractivity contribution in [3.63, 3.8) is 0 Å². The summed E-state index contributed by atoms with van der Waals surface area (Å²) in [5.74, 6) is -0.748. The summed E-state index contributed by atoms with van der Waals surface area (Å²) in [4.78, 5) is 10.3. The number of carboxylic acid groups (broad SMARTS) is 1. The molecule has 0 aromatic heterocycles. The molecule has 0 aromatic rings. The van der Waals surface area contributed by atoms with Crippen LogP contribution in [0, 0.1) is 0 Å². The van der Waals surface area contributed by atoms with Crippen molar-refractivity contribution in [3.05, 3.63) is 72.9 Å². The lowest BCUT2D eigenvalue weighted by Gasteiger charge is -1.87. The average molecular weight is 344 g/mol. The molecule has 0 radical (unpaired) electrons. The summed E-state index contributed by atoms with van der Waals surface area (Å²) >= 11 is 0. The van der Waals surface area contributed by atoms with Gasteiger partial charge in [-0.15, -0.1) is 0 Å². The summed E-state index contributed by atoms with van der Waals surface area (Å²) in [6, 6.07) is 0. The van der Waals surface area contributed by atoms with Crippen molar-refractivity contribution < 1.29 is 15.0 Å². The Hall–Kier alpha value is -2.13. The van der Waals surface area contributed by atoms with Crippen LogP contribution in [0.3, 0.4) is 0 Å². The molecular formula is C22H32O3. The van der Waals surface area contributed by atoms with E-state index in [4.69, 9.17) is 10.2 Å². The summed E-state index contributed by atoms with van der Waals surface area (Å²) in [5, 5.41) is 17.1. The van der Waals surface area contributed by atoms with Gasteiger partial charge in [0.2, 0.25) is 0 Å².